The molecule has 1 aromatic carbocycles. The van der Waals surface area contributed by atoms with Gasteiger partial charge in [0.05, 0.1) is 5.56 Å². The average molecular weight is 261 g/mol. The Kier molecular flexibility index (Phi) is 3.90. The van der Waals surface area contributed by atoms with Gasteiger partial charge in [0.25, 0.3) is 5.91 Å². The van der Waals surface area contributed by atoms with Crippen molar-refractivity contribution in [3.05, 3.63) is 36.1 Å². The summed E-state index contributed by atoms with van der Waals surface area (Å²) in [6, 6.07) is 7.45. The van der Waals surface area contributed by atoms with Crippen molar-refractivity contribution < 1.29 is 14.3 Å². The van der Waals surface area contributed by atoms with Gasteiger partial charge in [-0.15, -0.1) is 0 Å². The van der Waals surface area contributed by atoms with Crippen LogP contribution in [0.5, 0.6) is 0 Å². The van der Waals surface area contributed by atoms with E-state index in [-0.39, 0.29) is 17.9 Å². The first-order valence-electron chi connectivity index (χ1n) is 6.39. The topological polar surface area (TPSA) is 62.5 Å². The Bertz CT molecular complexity index is 572. The number of carbonyl (C=O) groups excluding carboxylic acids is 1. The van der Waals surface area contributed by atoms with E-state index in [0.717, 1.165) is 5.39 Å². The molecule has 0 saturated carbocycles. The first-order valence-corrected chi connectivity index (χ1v) is 6.39. The summed E-state index contributed by atoms with van der Waals surface area (Å²) >= 11 is 0. The van der Waals surface area contributed by atoms with Gasteiger partial charge in [0.15, 0.2) is 0 Å². The molecule has 1 aromatic heterocycles. The molecular formula is C15H19NO3. The second kappa shape index (κ2) is 5.45. The maximum Gasteiger partial charge on any atom is 0.255 e. The zero-order chi connectivity index (χ0) is 13.9. The Hall–Kier alpha value is -1.81. The summed E-state index contributed by atoms with van der Waals surface area (Å²) in [6.07, 6.45) is 2.14. The molecule has 0 aliphatic heterocycles. The molecule has 2 N–H and O–H groups in total. The van der Waals surface area contributed by atoms with Crippen molar-refractivity contribution in [2.24, 2.45) is 5.41 Å². The molecule has 19 heavy (non-hydrogen) atoms. The van der Waals surface area contributed by atoms with Crippen LogP contribution in [0.3, 0.4) is 0 Å². The van der Waals surface area contributed by atoms with Crippen LogP contribution >= 0.6 is 0 Å². The summed E-state index contributed by atoms with van der Waals surface area (Å²) in [5.41, 5.74) is 1.14. The van der Waals surface area contributed by atoms with E-state index in [9.17, 15) is 4.79 Å². The standard InChI is InChI=1S/C15H19NO3/c1-15(2,7-8-17)10-16-14(18)12-9-19-13-6-4-3-5-11(12)13/h3-6,9,17H,7-8,10H2,1-2H3,(H,16,18). The van der Waals surface area contributed by atoms with E-state index in [2.05, 4.69) is 5.32 Å². The van der Waals surface area contributed by atoms with Gasteiger partial charge in [-0.1, -0.05) is 32.0 Å². The first-order chi connectivity index (χ1) is 9.03. The second-order valence-corrected chi connectivity index (χ2v) is 5.47. The van der Waals surface area contributed by atoms with Gasteiger partial charge in [0, 0.05) is 18.5 Å². The lowest BCUT2D eigenvalue weighted by molar-refractivity contribution is 0.0929. The molecule has 0 bridgehead atoms. The Balaban J connectivity index is 2.08. The summed E-state index contributed by atoms with van der Waals surface area (Å²) in [5, 5.41) is 12.7. The SMILES string of the molecule is CC(C)(CCO)CNC(=O)c1coc2ccccc12. The fraction of sp³-hybridized carbons (Fsp3) is 0.400. The van der Waals surface area contributed by atoms with Crippen LogP contribution in [0.2, 0.25) is 0 Å². The number of hydrogen-bond donors (Lipinski definition) is 2. The van der Waals surface area contributed by atoms with E-state index in [1.807, 2.05) is 38.1 Å². The van der Waals surface area contributed by atoms with Crippen LogP contribution in [0, 0.1) is 5.41 Å². The van der Waals surface area contributed by atoms with Crippen LogP contribution in [0.25, 0.3) is 11.0 Å². The zero-order valence-electron chi connectivity index (χ0n) is 11.3. The van der Waals surface area contributed by atoms with Gasteiger partial charge in [-0.2, -0.15) is 0 Å². The highest BCUT2D eigenvalue weighted by molar-refractivity contribution is 6.05. The van der Waals surface area contributed by atoms with Crippen LogP contribution in [-0.2, 0) is 0 Å². The predicted molar refractivity (Wildman–Crippen MR) is 74.0 cm³/mol. The Morgan fingerprint density at radius 1 is 1.37 bits per heavy atom. The Labute approximate surface area is 112 Å². The summed E-state index contributed by atoms with van der Waals surface area (Å²) in [5.74, 6) is -0.143. The monoisotopic (exact) mass is 261 g/mol. The number of para-hydroxylation sites is 1. The highest BCUT2D eigenvalue weighted by Gasteiger charge is 2.20. The minimum absolute atomic E-state index is 0.121. The van der Waals surface area contributed by atoms with Gasteiger partial charge in [-0.05, 0) is 17.9 Å². The van der Waals surface area contributed by atoms with E-state index in [1.54, 1.807) is 0 Å². The van der Waals surface area contributed by atoms with Crippen LogP contribution in [0.15, 0.2) is 34.9 Å². The average Bonchev–Trinajstić information content (AvgIpc) is 2.80. The number of carbonyl (C=O) groups is 1. The molecule has 4 nitrogen and oxygen atoms in total. The molecule has 0 spiro atoms. The third-order valence-electron chi connectivity index (χ3n) is 3.24. The molecular weight excluding hydrogens is 242 g/mol. The summed E-state index contributed by atoms with van der Waals surface area (Å²) in [6.45, 7) is 4.66. The maximum atomic E-state index is 12.1. The first kappa shape index (κ1) is 13.6. The number of furan rings is 1. The van der Waals surface area contributed by atoms with Crippen LogP contribution in [-0.4, -0.2) is 24.2 Å². The molecule has 1 heterocycles. The molecule has 2 aromatic rings. The predicted octanol–water partition coefficient (Wildman–Crippen LogP) is 2.57. The lowest BCUT2D eigenvalue weighted by atomic mass is 9.89. The van der Waals surface area contributed by atoms with Crippen molar-refractivity contribution in [1.29, 1.82) is 0 Å². The fourth-order valence-electron chi connectivity index (χ4n) is 1.96. The van der Waals surface area contributed by atoms with Crippen molar-refractivity contribution in [2.75, 3.05) is 13.2 Å². The Morgan fingerprint density at radius 3 is 2.84 bits per heavy atom. The second-order valence-electron chi connectivity index (χ2n) is 5.47. The molecule has 102 valence electrons. The third-order valence-corrected chi connectivity index (χ3v) is 3.24. The van der Waals surface area contributed by atoms with Crippen molar-refractivity contribution >= 4 is 16.9 Å². The molecule has 0 aliphatic carbocycles. The number of rotatable bonds is 5. The largest absolute Gasteiger partial charge is 0.463 e. The van der Waals surface area contributed by atoms with Crippen molar-refractivity contribution in [2.45, 2.75) is 20.3 Å². The number of fused-ring (bicyclic) bond motifs is 1. The lowest BCUT2D eigenvalue weighted by Gasteiger charge is -2.23. The molecule has 1 amide bonds. The molecule has 0 radical (unpaired) electrons. The number of hydrogen-bond acceptors (Lipinski definition) is 3. The minimum atomic E-state index is -0.143. The van der Waals surface area contributed by atoms with Gasteiger partial charge in [0.2, 0.25) is 0 Å². The molecule has 0 aliphatic rings. The molecule has 0 atom stereocenters. The normalized spacial score (nSPS) is 11.7. The molecule has 0 unspecified atom stereocenters. The number of amides is 1. The molecule has 4 heteroatoms. The molecule has 0 saturated heterocycles. The van der Waals surface area contributed by atoms with E-state index >= 15 is 0 Å². The van der Waals surface area contributed by atoms with Crippen molar-refractivity contribution in [3.63, 3.8) is 0 Å². The van der Waals surface area contributed by atoms with Crippen LogP contribution < -0.4 is 5.32 Å². The highest BCUT2D eigenvalue weighted by Crippen LogP contribution is 2.22. The van der Waals surface area contributed by atoms with Crippen LogP contribution in [0.4, 0.5) is 0 Å². The van der Waals surface area contributed by atoms with E-state index in [4.69, 9.17) is 9.52 Å². The number of benzene rings is 1. The van der Waals surface area contributed by atoms with Gasteiger partial charge < -0.3 is 14.8 Å². The molecule has 0 fully saturated rings. The summed E-state index contributed by atoms with van der Waals surface area (Å²) < 4.78 is 5.35. The highest BCUT2D eigenvalue weighted by atomic mass is 16.3. The lowest BCUT2D eigenvalue weighted by Crippen LogP contribution is -2.34. The summed E-state index contributed by atoms with van der Waals surface area (Å²) in [4.78, 5) is 12.1. The summed E-state index contributed by atoms with van der Waals surface area (Å²) in [7, 11) is 0. The van der Waals surface area contributed by atoms with E-state index in [1.165, 1.54) is 6.26 Å². The number of nitrogens with one attached hydrogen (secondary N) is 1. The number of aliphatic hydroxyl groups is 1. The van der Waals surface area contributed by atoms with Gasteiger partial charge >= 0.3 is 0 Å². The van der Waals surface area contributed by atoms with Gasteiger partial charge in [-0.3, -0.25) is 4.79 Å². The van der Waals surface area contributed by atoms with Crippen molar-refractivity contribution in [1.82, 2.24) is 5.32 Å². The maximum absolute atomic E-state index is 12.1. The smallest absolute Gasteiger partial charge is 0.255 e. The van der Waals surface area contributed by atoms with Gasteiger partial charge in [-0.25, -0.2) is 0 Å². The van der Waals surface area contributed by atoms with Crippen molar-refractivity contribution in [3.8, 4) is 0 Å². The van der Waals surface area contributed by atoms with E-state index in [0.29, 0.717) is 24.1 Å². The molecule has 2 rings (SSSR count). The minimum Gasteiger partial charge on any atom is -0.463 e. The zero-order valence-corrected chi connectivity index (χ0v) is 11.3. The number of aliphatic hydroxyl groups excluding tert-OH is 1. The van der Waals surface area contributed by atoms with Gasteiger partial charge in [0.1, 0.15) is 11.8 Å². The van der Waals surface area contributed by atoms with E-state index < -0.39 is 0 Å². The Morgan fingerprint density at radius 2 is 2.11 bits per heavy atom. The fourth-order valence-corrected chi connectivity index (χ4v) is 1.96. The van der Waals surface area contributed by atoms with Crippen LogP contribution in [0.1, 0.15) is 30.6 Å². The quantitative estimate of drug-likeness (QED) is 0.869. The third kappa shape index (κ3) is 3.15.